The predicted octanol–water partition coefficient (Wildman–Crippen LogP) is 2.86. The van der Waals surface area contributed by atoms with E-state index in [1.165, 1.54) is 7.86 Å². The van der Waals surface area contributed by atoms with Gasteiger partial charge in [-0.05, 0) is 0 Å². The van der Waals surface area contributed by atoms with Gasteiger partial charge in [-0.3, -0.25) is 0 Å². The van der Waals surface area contributed by atoms with E-state index in [0.29, 0.717) is 6.10 Å². The molecule has 1 saturated heterocycles. The molecule has 2 nitrogen and oxygen atoms in total. The normalized spacial score (nSPS) is 33.6. The summed E-state index contributed by atoms with van der Waals surface area (Å²) in [5.41, 5.74) is 0.102. The first kappa shape index (κ1) is 14.3. The van der Waals surface area contributed by atoms with Crippen molar-refractivity contribution < 1.29 is 50.0 Å². The molecule has 1 fully saturated rings. The van der Waals surface area contributed by atoms with E-state index >= 15 is 0 Å². The molecule has 1 aliphatic rings. The van der Waals surface area contributed by atoms with Gasteiger partial charge in [0.25, 0.3) is 0 Å². The van der Waals surface area contributed by atoms with Crippen molar-refractivity contribution in [1.29, 1.82) is 0 Å². The van der Waals surface area contributed by atoms with Crippen LogP contribution in [0.15, 0.2) is 0 Å². The zero-order chi connectivity index (χ0) is 9.73. The van der Waals surface area contributed by atoms with Crippen LogP contribution >= 0.6 is 35.3 Å². The SMILES string of the molecule is CC1([CH2][Hg][I])COCC([CH2][Hg][I])O1. The molecule has 70 valence electrons. The van der Waals surface area contributed by atoms with Crippen molar-refractivity contribution in [3.63, 3.8) is 0 Å². The van der Waals surface area contributed by atoms with Gasteiger partial charge in [-0.1, -0.05) is 0 Å². The third kappa shape index (κ3) is 5.41. The second-order valence-corrected chi connectivity index (χ2v) is 29.7. The van der Waals surface area contributed by atoms with Crippen LogP contribution in [0.2, 0.25) is 7.86 Å². The van der Waals surface area contributed by atoms with Gasteiger partial charge in [0.2, 0.25) is 0 Å². The molecule has 0 aromatic carbocycles. The Kier molecular flexibility index (Phi) is 8.31. The van der Waals surface area contributed by atoms with Crippen molar-refractivity contribution in [2.24, 2.45) is 0 Å². The monoisotopic (exact) mass is 786 g/mol. The molecule has 1 rings (SSSR count). The van der Waals surface area contributed by atoms with Crippen molar-refractivity contribution in [3.8, 4) is 0 Å². The Morgan fingerprint density at radius 2 is 2.23 bits per heavy atom. The van der Waals surface area contributed by atoms with E-state index < -0.39 is 40.5 Å². The average Bonchev–Trinajstić information content (AvgIpc) is 2.04. The van der Waals surface area contributed by atoms with E-state index in [1.54, 1.807) is 0 Å². The van der Waals surface area contributed by atoms with Gasteiger partial charge >= 0.3 is 125 Å². The number of ether oxygens (including phenoxy) is 2. The van der Waals surface area contributed by atoms with Crippen LogP contribution in [0.1, 0.15) is 6.92 Å². The topological polar surface area (TPSA) is 18.5 Å². The number of hydrogen-bond acceptors (Lipinski definition) is 2. The summed E-state index contributed by atoms with van der Waals surface area (Å²) in [7, 11) is 0. The standard InChI is InChI=1S/C7H12O2.2Hg.2HI/c1-6-4-8-5-7(2,3)9-6;;;;/h6H,1-2,4-5H2,3H3;;;2*1H/q;2*+1;;/p-2. The van der Waals surface area contributed by atoms with E-state index in [1.807, 2.05) is 0 Å². The maximum atomic E-state index is 6.13. The molecule has 6 heteroatoms. The average molecular weight is 783 g/mol. The summed E-state index contributed by atoms with van der Waals surface area (Å²) in [5.74, 6) is 0. The molecule has 0 N–H and O–H groups in total. The Morgan fingerprint density at radius 1 is 1.46 bits per heavy atom. The maximum absolute atomic E-state index is 6.13. The fourth-order valence-electron chi connectivity index (χ4n) is 1.47. The Morgan fingerprint density at radius 3 is 2.85 bits per heavy atom. The van der Waals surface area contributed by atoms with Crippen LogP contribution in [0.4, 0.5) is 0 Å². The Bertz CT molecular complexity index is 155. The van der Waals surface area contributed by atoms with Gasteiger partial charge in [0, 0.05) is 0 Å². The van der Waals surface area contributed by atoms with Gasteiger partial charge in [-0.2, -0.15) is 0 Å². The summed E-state index contributed by atoms with van der Waals surface area (Å²) in [6, 6.07) is 0. The van der Waals surface area contributed by atoms with Gasteiger partial charge in [0.1, 0.15) is 0 Å². The van der Waals surface area contributed by atoms with E-state index in [4.69, 9.17) is 9.47 Å². The van der Waals surface area contributed by atoms with Crippen molar-refractivity contribution in [3.05, 3.63) is 0 Å². The van der Waals surface area contributed by atoms with E-state index in [0.717, 1.165) is 13.2 Å². The Labute approximate surface area is 122 Å². The fourth-order valence-corrected chi connectivity index (χ4v) is 22.2. The number of rotatable bonds is 4. The molecular formula is C7H12Hg2I2O2. The van der Waals surface area contributed by atoms with Gasteiger partial charge in [0.15, 0.2) is 0 Å². The Hall–Kier alpha value is 3.25. The molecule has 0 bridgehead atoms. The van der Waals surface area contributed by atoms with Crippen molar-refractivity contribution in [2.45, 2.75) is 26.5 Å². The predicted molar refractivity (Wildman–Crippen MR) is 61.8 cm³/mol. The van der Waals surface area contributed by atoms with E-state index in [2.05, 4.69) is 42.3 Å². The zero-order valence-electron chi connectivity index (χ0n) is 7.89. The number of hydrogen-bond donors (Lipinski definition) is 0. The molecule has 1 heterocycles. The summed E-state index contributed by atoms with van der Waals surface area (Å²) >= 11 is 4.09. The minimum atomic E-state index is -0.600. The molecule has 2 unspecified atom stereocenters. The van der Waals surface area contributed by atoms with Crippen LogP contribution in [0.5, 0.6) is 0 Å². The molecule has 0 amide bonds. The first-order valence-electron chi connectivity index (χ1n) is 4.58. The van der Waals surface area contributed by atoms with Crippen molar-refractivity contribution in [2.75, 3.05) is 13.2 Å². The molecule has 0 aromatic rings. The molecule has 0 aromatic heterocycles. The molecular weight excluding hydrogens is 771 g/mol. The van der Waals surface area contributed by atoms with Crippen molar-refractivity contribution >= 4 is 35.3 Å². The molecule has 0 saturated carbocycles. The van der Waals surface area contributed by atoms with Crippen LogP contribution in [-0.4, -0.2) is 24.9 Å². The molecule has 0 aliphatic carbocycles. The van der Waals surface area contributed by atoms with Crippen molar-refractivity contribution in [1.82, 2.24) is 0 Å². The molecule has 2 atom stereocenters. The second-order valence-electron chi connectivity index (χ2n) is 3.62. The van der Waals surface area contributed by atoms with Gasteiger partial charge in [0.05, 0.1) is 0 Å². The fraction of sp³-hybridized carbons (Fsp3) is 1.00. The summed E-state index contributed by atoms with van der Waals surface area (Å²) < 4.78 is 14.5. The zero-order valence-corrected chi connectivity index (χ0v) is 23.2. The van der Waals surface area contributed by atoms with Crippen LogP contribution in [0, 0.1) is 0 Å². The van der Waals surface area contributed by atoms with Crippen LogP contribution < -0.4 is 0 Å². The van der Waals surface area contributed by atoms with Gasteiger partial charge in [-0.25, -0.2) is 0 Å². The molecule has 1 aliphatic heterocycles. The Balaban J connectivity index is 2.39. The first-order chi connectivity index (χ1) is 6.20. The van der Waals surface area contributed by atoms with Gasteiger partial charge < -0.3 is 0 Å². The van der Waals surface area contributed by atoms with Gasteiger partial charge in [-0.15, -0.1) is 0 Å². The van der Waals surface area contributed by atoms with E-state index in [-0.39, 0.29) is 5.60 Å². The summed E-state index contributed by atoms with van der Waals surface area (Å²) in [6.07, 6.45) is 0.452. The second kappa shape index (κ2) is 7.55. The molecule has 0 radical (unpaired) electrons. The minimum absolute atomic E-state index is 0.102. The summed E-state index contributed by atoms with van der Waals surface area (Å²) in [4.78, 5) is 0. The third-order valence-corrected chi connectivity index (χ3v) is 20.6. The van der Waals surface area contributed by atoms with Crippen LogP contribution in [0.25, 0.3) is 0 Å². The first-order valence-corrected chi connectivity index (χ1v) is 43.3. The van der Waals surface area contributed by atoms with E-state index in [9.17, 15) is 0 Å². The summed E-state index contributed by atoms with van der Waals surface area (Å²) in [5, 5.41) is 0. The summed E-state index contributed by atoms with van der Waals surface area (Å²) in [6.45, 7) is 3.93. The molecule has 0 spiro atoms. The quantitative estimate of drug-likeness (QED) is 0.323. The molecule has 13 heavy (non-hydrogen) atoms. The van der Waals surface area contributed by atoms with Crippen LogP contribution in [0.3, 0.4) is 0 Å². The van der Waals surface area contributed by atoms with Crippen LogP contribution in [-0.2, 0) is 50.0 Å². The number of halogens is 2. The third-order valence-electron chi connectivity index (χ3n) is 2.22.